The molecule has 2 bridgehead atoms. The van der Waals surface area contributed by atoms with Gasteiger partial charge in [0.05, 0.1) is 17.5 Å². The van der Waals surface area contributed by atoms with Gasteiger partial charge in [-0.3, -0.25) is 9.59 Å². The van der Waals surface area contributed by atoms with Gasteiger partial charge in [-0.2, -0.15) is 0 Å². The Labute approximate surface area is 143 Å². The van der Waals surface area contributed by atoms with Crippen LogP contribution in [0.4, 0.5) is 5.69 Å². The summed E-state index contributed by atoms with van der Waals surface area (Å²) in [5.41, 5.74) is 2.75. The molecule has 118 valence electrons. The number of nitrogens with zero attached hydrogens (tertiary/aromatic N) is 1. The third-order valence-corrected chi connectivity index (χ3v) is 6.80. The minimum absolute atomic E-state index is 0.0261. The van der Waals surface area contributed by atoms with E-state index in [1.165, 1.54) is 11.3 Å². The number of benzene rings is 1. The Bertz CT molecular complexity index is 740. The third-order valence-electron chi connectivity index (χ3n) is 6.34. The third kappa shape index (κ3) is 1.65. The van der Waals surface area contributed by atoms with Gasteiger partial charge in [0.1, 0.15) is 0 Å². The lowest BCUT2D eigenvalue weighted by molar-refractivity contribution is -0.124. The zero-order valence-electron chi connectivity index (χ0n) is 13.1. The van der Waals surface area contributed by atoms with Crippen molar-refractivity contribution in [3.05, 3.63) is 39.9 Å². The van der Waals surface area contributed by atoms with Crippen molar-refractivity contribution in [2.24, 2.45) is 35.5 Å². The molecule has 1 aromatic carbocycles. The maximum atomic E-state index is 13.2. The first-order valence-electron chi connectivity index (χ1n) is 8.32. The number of allylic oxidation sites excluding steroid dienone is 2. The number of halogens is 1. The van der Waals surface area contributed by atoms with Crippen LogP contribution >= 0.6 is 15.9 Å². The summed E-state index contributed by atoms with van der Waals surface area (Å²) < 4.78 is 0.982. The predicted molar refractivity (Wildman–Crippen MR) is 90.8 cm³/mol. The molecule has 1 aliphatic heterocycles. The van der Waals surface area contributed by atoms with Gasteiger partial charge in [0.2, 0.25) is 11.8 Å². The zero-order chi connectivity index (χ0) is 16.0. The van der Waals surface area contributed by atoms with Crippen molar-refractivity contribution in [1.82, 2.24) is 0 Å². The summed E-state index contributed by atoms with van der Waals surface area (Å²) in [5, 5.41) is 0. The molecule has 1 heterocycles. The summed E-state index contributed by atoms with van der Waals surface area (Å²) in [5.74, 6) is 1.67. The number of rotatable bonds is 1. The molecule has 3 fully saturated rings. The second-order valence-electron chi connectivity index (χ2n) is 7.55. The molecule has 6 atom stereocenters. The smallest absolute Gasteiger partial charge is 0.238 e. The van der Waals surface area contributed by atoms with E-state index in [1.54, 1.807) is 0 Å². The van der Waals surface area contributed by atoms with Crippen molar-refractivity contribution < 1.29 is 9.59 Å². The Kier molecular flexibility index (Phi) is 2.64. The lowest BCUT2D eigenvalue weighted by Gasteiger charge is -2.37. The van der Waals surface area contributed by atoms with Gasteiger partial charge >= 0.3 is 0 Å². The monoisotopic (exact) mass is 371 g/mol. The zero-order valence-corrected chi connectivity index (χ0v) is 14.7. The number of carbonyl (C=O) groups is 2. The number of amides is 2. The van der Waals surface area contributed by atoms with E-state index in [9.17, 15) is 9.59 Å². The van der Waals surface area contributed by atoms with E-state index in [0.29, 0.717) is 11.8 Å². The fourth-order valence-electron chi connectivity index (χ4n) is 5.43. The molecule has 1 aromatic rings. The van der Waals surface area contributed by atoms with Crippen LogP contribution in [0.3, 0.4) is 0 Å². The standard InChI is InChI=1S/C19H18BrNO2/c1-8-5-10(20)6-9(2)17(8)21-18(22)15-11-3-4-12(14-7-13(11)14)16(15)19(21)23/h3-6,11-16H,7H2,1-2H3/t11-,12-,13-,14-,15-,16+/m0/s1. The average molecular weight is 372 g/mol. The van der Waals surface area contributed by atoms with E-state index in [1.807, 2.05) is 26.0 Å². The summed E-state index contributed by atoms with van der Waals surface area (Å²) in [7, 11) is 0. The molecular weight excluding hydrogens is 354 g/mol. The van der Waals surface area contributed by atoms with Gasteiger partial charge in [-0.25, -0.2) is 4.90 Å². The van der Waals surface area contributed by atoms with Crippen LogP contribution in [0.2, 0.25) is 0 Å². The van der Waals surface area contributed by atoms with Crippen molar-refractivity contribution in [2.45, 2.75) is 20.3 Å². The number of hydrogen-bond donors (Lipinski definition) is 0. The van der Waals surface area contributed by atoms with Crippen LogP contribution < -0.4 is 4.90 Å². The topological polar surface area (TPSA) is 37.4 Å². The molecule has 0 unspecified atom stereocenters. The quantitative estimate of drug-likeness (QED) is 0.558. The van der Waals surface area contributed by atoms with Gasteiger partial charge in [0.25, 0.3) is 0 Å². The SMILES string of the molecule is Cc1cc(Br)cc(C)c1N1C(=O)[C@@H]2[C@H]3C=C[C@@H]([C@@H]4C[C@@H]34)[C@@H]2C1=O. The number of anilines is 1. The Balaban J connectivity index is 1.63. The Morgan fingerprint density at radius 3 is 1.91 bits per heavy atom. The van der Waals surface area contributed by atoms with E-state index in [-0.39, 0.29) is 35.5 Å². The van der Waals surface area contributed by atoms with E-state index in [0.717, 1.165) is 21.3 Å². The molecule has 0 N–H and O–H groups in total. The largest absolute Gasteiger partial charge is 0.274 e. The van der Waals surface area contributed by atoms with E-state index in [4.69, 9.17) is 0 Å². The molecule has 1 saturated heterocycles. The predicted octanol–water partition coefficient (Wildman–Crippen LogP) is 3.62. The van der Waals surface area contributed by atoms with Crippen molar-refractivity contribution in [2.75, 3.05) is 4.90 Å². The molecule has 2 saturated carbocycles. The highest BCUT2D eigenvalue weighted by Gasteiger charge is 2.67. The van der Waals surface area contributed by atoms with Crippen molar-refractivity contribution >= 4 is 33.4 Å². The lowest BCUT2D eigenvalue weighted by atomic mass is 9.63. The number of imide groups is 1. The first-order valence-corrected chi connectivity index (χ1v) is 9.11. The van der Waals surface area contributed by atoms with Gasteiger partial charge in [-0.1, -0.05) is 28.1 Å². The van der Waals surface area contributed by atoms with Crippen LogP contribution in [0, 0.1) is 49.4 Å². The Morgan fingerprint density at radius 2 is 1.43 bits per heavy atom. The molecule has 4 aliphatic carbocycles. The van der Waals surface area contributed by atoms with Gasteiger partial charge in [0.15, 0.2) is 0 Å². The second-order valence-corrected chi connectivity index (χ2v) is 8.47. The summed E-state index contributed by atoms with van der Waals surface area (Å²) in [6, 6.07) is 3.96. The van der Waals surface area contributed by atoms with Gasteiger partial charge in [-0.05, 0) is 67.2 Å². The molecular formula is C19H18BrNO2. The molecule has 0 radical (unpaired) electrons. The minimum atomic E-state index is -0.122. The molecule has 2 amide bonds. The molecule has 6 rings (SSSR count). The van der Waals surface area contributed by atoms with E-state index in [2.05, 4.69) is 28.1 Å². The van der Waals surface area contributed by atoms with E-state index >= 15 is 0 Å². The summed E-state index contributed by atoms with van der Waals surface area (Å²) in [4.78, 5) is 27.8. The van der Waals surface area contributed by atoms with Crippen LogP contribution in [0.1, 0.15) is 17.5 Å². The first-order chi connectivity index (χ1) is 11.0. The molecule has 4 heteroatoms. The first kappa shape index (κ1) is 14.0. The lowest BCUT2D eigenvalue weighted by Crippen LogP contribution is -2.40. The highest BCUT2D eigenvalue weighted by molar-refractivity contribution is 9.10. The van der Waals surface area contributed by atoms with E-state index < -0.39 is 0 Å². The van der Waals surface area contributed by atoms with Gasteiger partial charge in [0, 0.05) is 4.47 Å². The van der Waals surface area contributed by atoms with Crippen molar-refractivity contribution in [3.8, 4) is 0 Å². The average Bonchev–Trinajstić information content (AvgIpc) is 3.26. The summed E-state index contributed by atoms with van der Waals surface area (Å²) in [6.45, 7) is 3.94. The second kappa shape index (κ2) is 4.35. The fourth-order valence-corrected chi connectivity index (χ4v) is 6.12. The maximum Gasteiger partial charge on any atom is 0.238 e. The van der Waals surface area contributed by atoms with Crippen LogP contribution in [-0.4, -0.2) is 11.8 Å². The molecule has 0 spiro atoms. The number of carbonyl (C=O) groups excluding carboxylic acids is 2. The Morgan fingerprint density at radius 1 is 0.957 bits per heavy atom. The maximum absolute atomic E-state index is 13.2. The molecule has 0 aromatic heterocycles. The highest BCUT2D eigenvalue weighted by Crippen LogP contribution is 2.65. The van der Waals surface area contributed by atoms with Gasteiger partial charge in [-0.15, -0.1) is 0 Å². The summed E-state index contributed by atoms with van der Waals surface area (Å²) >= 11 is 3.49. The molecule has 23 heavy (non-hydrogen) atoms. The highest BCUT2D eigenvalue weighted by atomic mass is 79.9. The van der Waals surface area contributed by atoms with Crippen LogP contribution in [0.25, 0.3) is 0 Å². The van der Waals surface area contributed by atoms with Crippen LogP contribution in [-0.2, 0) is 9.59 Å². The minimum Gasteiger partial charge on any atom is -0.274 e. The number of hydrogen-bond acceptors (Lipinski definition) is 2. The van der Waals surface area contributed by atoms with Crippen molar-refractivity contribution in [3.63, 3.8) is 0 Å². The molecule has 5 aliphatic rings. The summed E-state index contributed by atoms with van der Waals surface area (Å²) in [6.07, 6.45) is 5.64. The Hall–Kier alpha value is -1.42. The normalized spacial score (nSPS) is 39.7. The fraction of sp³-hybridized carbons (Fsp3) is 0.474. The molecule has 3 nitrogen and oxygen atoms in total. The van der Waals surface area contributed by atoms with Crippen LogP contribution in [0.5, 0.6) is 0 Å². The van der Waals surface area contributed by atoms with Crippen LogP contribution in [0.15, 0.2) is 28.8 Å². The number of aryl methyl sites for hydroxylation is 2. The van der Waals surface area contributed by atoms with Gasteiger partial charge < -0.3 is 0 Å². The van der Waals surface area contributed by atoms with Crippen molar-refractivity contribution in [1.29, 1.82) is 0 Å².